The van der Waals surface area contributed by atoms with Gasteiger partial charge in [-0.05, 0) is 30.3 Å². The van der Waals surface area contributed by atoms with Crippen molar-refractivity contribution in [2.45, 2.75) is 5.37 Å². The third kappa shape index (κ3) is 2.77. The molecule has 0 N–H and O–H groups in total. The van der Waals surface area contributed by atoms with Crippen LogP contribution in [0.5, 0.6) is 11.5 Å². The Bertz CT molecular complexity index is 874. The molecule has 2 aliphatic heterocycles. The Morgan fingerprint density at radius 3 is 2.56 bits per heavy atom. The predicted molar refractivity (Wildman–Crippen MR) is 93.4 cm³/mol. The maximum absolute atomic E-state index is 12.4. The van der Waals surface area contributed by atoms with Gasteiger partial charge in [0.2, 0.25) is 12.7 Å². The molecule has 0 aliphatic carbocycles. The highest BCUT2D eigenvalue weighted by Crippen LogP contribution is 2.48. The molecule has 0 aromatic heterocycles. The average Bonchev–Trinajstić information content (AvgIpc) is 3.20. The highest BCUT2D eigenvalue weighted by Gasteiger charge is 2.39. The molecule has 0 radical (unpaired) electrons. The Labute approximate surface area is 151 Å². The molecule has 7 nitrogen and oxygen atoms in total. The topological polar surface area (TPSA) is 81.9 Å². The molecule has 25 heavy (non-hydrogen) atoms. The van der Waals surface area contributed by atoms with Crippen molar-refractivity contribution in [2.24, 2.45) is 0 Å². The van der Waals surface area contributed by atoms with Crippen LogP contribution < -0.4 is 14.4 Å². The van der Waals surface area contributed by atoms with Crippen molar-refractivity contribution in [1.82, 2.24) is 0 Å². The van der Waals surface area contributed by atoms with Crippen molar-refractivity contribution >= 4 is 40.6 Å². The summed E-state index contributed by atoms with van der Waals surface area (Å²) in [5, 5.41) is 11.6. The first-order chi connectivity index (χ1) is 12.0. The van der Waals surface area contributed by atoms with Crippen LogP contribution >= 0.6 is 23.4 Å². The quantitative estimate of drug-likeness (QED) is 0.597. The van der Waals surface area contributed by atoms with Gasteiger partial charge >= 0.3 is 0 Å². The minimum absolute atomic E-state index is 0.0214. The molecule has 2 aromatic carbocycles. The van der Waals surface area contributed by atoms with Gasteiger partial charge in [0, 0.05) is 10.7 Å². The highest BCUT2D eigenvalue weighted by molar-refractivity contribution is 8.00. The fourth-order valence-corrected chi connectivity index (χ4v) is 4.16. The lowest BCUT2D eigenvalue weighted by Crippen LogP contribution is -2.28. The van der Waals surface area contributed by atoms with Crippen molar-refractivity contribution in [2.75, 3.05) is 17.4 Å². The summed E-state index contributed by atoms with van der Waals surface area (Å²) in [4.78, 5) is 25.0. The lowest BCUT2D eigenvalue weighted by molar-refractivity contribution is -0.385. The Morgan fingerprint density at radius 2 is 1.88 bits per heavy atom. The summed E-state index contributed by atoms with van der Waals surface area (Å²) in [6, 6.07) is 9.73. The summed E-state index contributed by atoms with van der Waals surface area (Å²) in [5.41, 5.74) is 0.937. The zero-order chi connectivity index (χ0) is 17.6. The molecular formula is C16H11ClN2O5S. The molecule has 0 saturated carbocycles. The van der Waals surface area contributed by atoms with E-state index in [9.17, 15) is 14.9 Å². The second-order valence-electron chi connectivity index (χ2n) is 5.42. The number of benzene rings is 2. The zero-order valence-electron chi connectivity index (χ0n) is 12.7. The van der Waals surface area contributed by atoms with Gasteiger partial charge < -0.3 is 9.47 Å². The first kappa shape index (κ1) is 16.0. The van der Waals surface area contributed by atoms with E-state index in [4.69, 9.17) is 21.1 Å². The monoisotopic (exact) mass is 378 g/mol. The van der Waals surface area contributed by atoms with Gasteiger partial charge in [-0.2, -0.15) is 0 Å². The van der Waals surface area contributed by atoms with Gasteiger partial charge in [0.1, 0.15) is 5.37 Å². The van der Waals surface area contributed by atoms with Crippen molar-refractivity contribution in [3.8, 4) is 11.5 Å². The molecule has 1 saturated heterocycles. The van der Waals surface area contributed by atoms with E-state index in [-0.39, 0.29) is 24.1 Å². The number of rotatable bonds is 3. The smallest absolute Gasteiger partial charge is 0.279 e. The van der Waals surface area contributed by atoms with Crippen LogP contribution in [0.4, 0.5) is 11.4 Å². The van der Waals surface area contributed by atoms with Crippen molar-refractivity contribution in [3.05, 3.63) is 57.1 Å². The van der Waals surface area contributed by atoms with Crippen LogP contribution in [0.25, 0.3) is 0 Å². The van der Waals surface area contributed by atoms with E-state index >= 15 is 0 Å². The number of carbonyl (C=O) groups is 1. The number of thioether (sulfide) groups is 1. The number of ether oxygens (including phenoxy) is 2. The fraction of sp³-hybridized carbons (Fsp3) is 0.188. The largest absolute Gasteiger partial charge is 0.454 e. The number of fused-ring (bicyclic) bond motifs is 1. The van der Waals surface area contributed by atoms with Gasteiger partial charge in [-0.3, -0.25) is 19.8 Å². The molecule has 0 spiro atoms. The number of nitro groups is 1. The first-order valence-electron chi connectivity index (χ1n) is 7.32. The van der Waals surface area contributed by atoms with Gasteiger partial charge in [0.05, 0.1) is 22.3 Å². The van der Waals surface area contributed by atoms with Gasteiger partial charge in [0.15, 0.2) is 11.5 Å². The Balaban J connectivity index is 1.81. The van der Waals surface area contributed by atoms with E-state index < -0.39 is 10.3 Å². The van der Waals surface area contributed by atoms with Crippen LogP contribution in [-0.2, 0) is 4.79 Å². The van der Waals surface area contributed by atoms with Crippen LogP contribution in [0.1, 0.15) is 10.9 Å². The van der Waals surface area contributed by atoms with Crippen molar-refractivity contribution < 1.29 is 19.2 Å². The van der Waals surface area contributed by atoms with Crippen LogP contribution in [0, 0.1) is 10.1 Å². The molecule has 1 fully saturated rings. The number of anilines is 1. The highest BCUT2D eigenvalue weighted by atomic mass is 35.5. The van der Waals surface area contributed by atoms with Crippen LogP contribution in [0.2, 0.25) is 5.02 Å². The van der Waals surface area contributed by atoms with E-state index in [2.05, 4.69) is 0 Å². The van der Waals surface area contributed by atoms with Gasteiger partial charge in [-0.25, -0.2) is 0 Å². The summed E-state index contributed by atoms with van der Waals surface area (Å²) < 4.78 is 10.6. The third-order valence-electron chi connectivity index (χ3n) is 3.96. The minimum Gasteiger partial charge on any atom is -0.454 e. The molecule has 0 unspecified atom stereocenters. The van der Waals surface area contributed by atoms with Gasteiger partial charge in [-0.15, -0.1) is 11.8 Å². The molecule has 4 rings (SSSR count). The Morgan fingerprint density at radius 1 is 1.20 bits per heavy atom. The molecule has 0 bridgehead atoms. The normalized spacial score (nSPS) is 18.7. The minimum atomic E-state index is -0.524. The second kappa shape index (κ2) is 6.12. The Hall–Kier alpha value is -2.45. The van der Waals surface area contributed by atoms with Gasteiger partial charge in [-0.1, -0.05) is 11.6 Å². The molecule has 2 heterocycles. The van der Waals surface area contributed by atoms with E-state index in [1.54, 1.807) is 35.2 Å². The molecular weight excluding hydrogens is 368 g/mol. The summed E-state index contributed by atoms with van der Waals surface area (Å²) in [7, 11) is 0. The number of nitrogens with zero attached hydrogens (tertiary/aromatic N) is 2. The third-order valence-corrected chi connectivity index (χ3v) is 5.40. The van der Waals surface area contributed by atoms with Crippen molar-refractivity contribution in [1.29, 1.82) is 0 Å². The second-order valence-corrected chi connectivity index (χ2v) is 6.93. The summed E-state index contributed by atoms with van der Waals surface area (Å²) in [6.45, 7) is 0.0214. The fourth-order valence-electron chi connectivity index (χ4n) is 2.84. The SMILES string of the molecule is O=C1CS[C@@H](c2cc3c(cc2[N+](=O)[O-])OCO3)N1c1ccc(Cl)cc1. The zero-order valence-corrected chi connectivity index (χ0v) is 14.2. The molecule has 1 atom stereocenters. The average molecular weight is 379 g/mol. The maximum Gasteiger partial charge on any atom is 0.279 e. The first-order valence-corrected chi connectivity index (χ1v) is 8.74. The molecule has 9 heteroatoms. The number of carbonyl (C=O) groups excluding carboxylic acids is 1. The van der Waals surface area contributed by atoms with E-state index in [0.717, 1.165) is 0 Å². The number of amides is 1. The maximum atomic E-state index is 12.4. The summed E-state index contributed by atoms with van der Waals surface area (Å²) >= 11 is 7.24. The lowest BCUT2D eigenvalue weighted by Gasteiger charge is -2.24. The number of halogens is 1. The lowest BCUT2D eigenvalue weighted by atomic mass is 10.1. The van der Waals surface area contributed by atoms with Crippen LogP contribution in [0.15, 0.2) is 36.4 Å². The molecule has 128 valence electrons. The summed E-state index contributed by atoms with van der Waals surface area (Å²) in [5.74, 6) is 0.891. The van der Waals surface area contributed by atoms with Crippen LogP contribution in [0.3, 0.4) is 0 Å². The van der Waals surface area contributed by atoms with E-state index in [1.807, 2.05) is 0 Å². The number of hydrogen-bond donors (Lipinski definition) is 0. The standard InChI is InChI=1S/C16H11ClN2O5S/c17-9-1-3-10(4-2-9)18-15(20)7-25-16(18)11-5-13-14(24-8-23-13)6-12(11)19(21)22/h1-6,16H,7-8H2/t16-/m0/s1. The number of nitro benzene ring substituents is 1. The van der Waals surface area contributed by atoms with Crippen molar-refractivity contribution in [3.63, 3.8) is 0 Å². The van der Waals surface area contributed by atoms with E-state index in [0.29, 0.717) is 27.8 Å². The molecule has 1 amide bonds. The van der Waals surface area contributed by atoms with Gasteiger partial charge in [0.25, 0.3) is 5.69 Å². The van der Waals surface area contributed by atoms with Crippen LogP contribution in [-0.4, -0.2) is 23.4 Å². The van der Waals surface area contributed by atoms with E-state index in [1.165, 1.54) is 17.8 Å². The Kier molecular flexibility index (Phi) is 3.93. The number of hydrogen-bond acceptors (Lipinski definition) is 6. The molecule has 2 aromatic rings. The molecule has 2 aliphatic rings. The summed E-state index contributed by atoms with van der Waals surface area (Å²) in [6.07, 6.45) is 0. The predicted octanol–water partition coefficient (Wildman–Crippen LogP) is 3.76.